The number of carbonyl (C=O) groups is 1. The van der Waals surface area contributed by atoms with Crippen LogP contribution in [0.1, 0.15) is 5.69 Å². The molecule has 11 heteroatoms. The maximum atomic E-state index is 11.9. The largest absolute Gasteiger partial charge is 0.463 e. The highest BCUT2D eigenvalue weighted by molar-refractivity contribution is 7.85. The maximum absolute atomic E-state index is 11.9. The minimum absolute atomic E-state index is 0.251. The lowest BCUT2D eigenvalue weighted by atomic mass is 10.2. The molecule has 1 atom stereocenters. The van der Waals surface area contributed by atoms with Gasteiger partial charge in [0.25, 0.3) is 10.1 Å². The third-order valence-corrected chi connectivity index (χ3v) is 4.78. The molecule has 4 N–H and O–H groups in total. The number of aromatic amines is 1. The minimum atomic E-state index is -3.92. The van der Waals surface area contributed by atoms with Gasteiger partial charge in [0, 0.05) is 57.6 Å². The first-order chi connectivity index (χ1) is 11.8. The smallest absolute Gasteiger partial charge is 0.323 e. The summed E-state index contributed by atoms with van der Waals surface area (Å²) in [6, 6.07) is -0.724. The molecule has 2 heterocycles. The Morgan fingerprint density at radius 1 is 1.32 bits per heavy atom. The summed E-state index contributed by atoms with van der Waals surface area (Å²) in [5, 5.41) is 0. The number of esters is 1. The number of ether oxygens (including phenoxy) is 1. The molecule has 25 heavy (non-hydrogen) atoms. The number of nitrogens with two attached hydrogens (primary N) is 1. The number of carbonyl (C=O) groups excluding carboxylic acids is 1. The Morgan fingerprint density at radius 3 is 2.52 bits per heavy atom. The van der Waals surface area contributed by atoms with E-state index in [0.717, 1.165) is 18.8 Å². The van der Waals surface area contributed by atoms with E-state index < -0.39 is 22.1 Å². The summed E-state index contributed by atoms with van der Waals surface area (Å²) in [6.07, 6.45) is 3.50. The first kappa shape index (κ1) is 19.8. The number of imidazole rings is 1. The molecule has 1 aliphatic heterocycles. The van der Waals surface area contributed by atoms with Crippen LogP contribution in [0.2, 0.25) is 0 Å². The molecular weight excluding hydrogens is 350 g/mol. The van der Waals surface area contributed by atoms with Crippen LogP contribution in [0.5, 0.6) is 0 Å². The number of aromatic nitrogens is 2. The molecule has 0 aliphatic carbocycles. The fraction of sp³-hybridized carbons (Fsp3) is 0.714. The van der Waals surface area contributed by atoms with Gasteiger partial charge in [-0.1, -0.05) is 0 Å². The summed E-state index contributed by atoms with van der Waals surface area (Å²) in [5.41, 5.74) is 6.59. The van der Waals surface area contributed by atoms with E-state index >= 15 is 0 Å². The van der Waals surface area contributed by atoms with Gasteiger partial charge < -0.3 is 15.5 Å². The SMILES string of the molecule is N[C@@H](Cc1cnc[nH]1)C(=O)OCCN1CCN(CCS(=O)(=O)O)CC1. The van der Waals surface area contributed by atoms with E-state index in [9.17, 15) is 13.2 Å². The first-order valence-corrected chi connectivity index (χ1v) is 9.74. The summed E-state index contributed by atoms with van der Waals surface area (Å²) < 4.78 is 35.5. The number of nitrogens with zero attached hydrogens (tertiary/aromatic N) is 3. The lowest BCUT2D eigenvalue weighted by Gasteiger charge is -2.34. The number of hydrogen-bond acceptors (Lipinski definition) is 8. The van der Waals surface area contributed by atoms with E-state index in [-0.39, 0.29) is 12.4 Å². The normalized spacial score (nSPS) is 18.2. The maximum Gasteiger partial charge on any atom is 0.323 e. The molecule has 0 amide bonds. The Balaban J connectivity index is 1.59. The zero-order valence-electron chi connectivity index (χ0n) is 14.0. The van der Waals surface area contributed by atoms with Crippen LogP contribution in [0, 0.1) is 0 Å². The van der Waals surface area contributed by atoms with Gasteiger partial charge in [-0.15, -0.1) is 0 Å². The Hall–Kier alpha value is -1.53. The van der Waals surface area contributed by atoms with Crippen molar-refractivity contribution in [3.63, 3.8) is 0 Å². The molecule has 0 radical (unpaired) electrons. The van der Waals surface area contributed by atoms with Gasteiger partial charge in [0.15, 0.2) is 0 Å². The van der Waals surface area contributed by atoms with Gasteiger partial charge in [0.1, 0.15) is 12.6 Å². The lowest BCUT2D eigenvalue weighted by molar-refractivity contribution is -0.145. The van der Waals surface area contributed by atoms with E-state index in [1.165, 1.54) is 6.33 Å². The minimum Gasteiger partial charge on any atom is -0.463 e. The highest BCUT2D eigenvalue weighted by Gasteiger charge is 2.20. The second-order valence-corrected chi connectivity index (χ2v) is 7.60. The number of piperazine rings is 1. The van der Waals surface area contributed by atoms with Crippen LogP contribution >= 0.6 is 0 Å². The predicted molar refractivity (Wildman–Crippen MR) is 90.5 cm³/mol. The van der Waals surface area contributed by atoms with E-state index in [2.05, 4.69) is 14.9 Å². The molecular formula is C14H25N5O5S. The van der Waals surface area contributed by atoms with Gasteiger partial charge in [-0.3, -0.25) is 19.1 Å². The molecule has 142 valence electrons. The summed E-state index contributed by atoms with van der Waals surface area (Å²) in [6.45, 7) is 4.12. The second kappa shape index (κ2) is 9.25. The van der Waals surface area contributed by atoms with E-state index in [1.54, 1.807) is 6.20 Å². The lowest BCUT2D eigenvalue weighted by Crippen LogP contribution is -2.48. The fourth-order valence-electron chi connectivity index (χ4n) is 2.58. The van der Waals surface area contributed by atoms with Gasteiger partial charge >= 0.3 is 5.97 Å². The Morgan fingerprint density at radius 2 is 1.96 bits per heavy atom. The molecule has 0 aromatic carbocycles. The standard InChI is InChI=1S/C14H25N5O5S/c15-13(9-12-10-16-11-17-12)14(20)24-7-5-18-1-3-19(4-2-18)6-8-25(21,22)23/h10-11,13H,1-9,15H2,(H,16,17)(H,21,22,23)/t13-/m0/s1. The van der Waals surface area contributed by atoms with Gasteiger partial charge in [-0.25, -0.2) is 4.98 Å². The van der Waals surface area contributed by atoms with Crippen molar-refractivity contribution in [2.24, 2.45) is 5.73 Å². The summed E-state index contributed by atoms with van der Waals surface area (Å²) in [4.78, 5) is 22.7. The van der Waals surface area contributed by atoms with Crippen molar-refractivity contribution in [1.29, 1.82) is 0 Å². The molecule has 0 unspecified atom stereocenters. The number of rotatable bonds is 9. The third kappa shape index (κ3) is 7.48. The van der Waals surface area contributed by atoms with Crippen molar-refractivity contribution >= 4 is 16.1 Å². The zero-order valence-corrected chi connectivity index (χ0v) is 14.8. The molecule has 1 saturated heterocycles. The molecule has 2 rings (SSSR count). The molecule has 1 fully saturated rings. The predicted octanol–water partition coefficient (Wildman–Crippen LogP) is -1.67. The number of H-pyrrole nitrogens is 1. The van der Waals surface area contributed by atoms with Crippen LogP contribution in [0.15, 0.2) is 12.5 Å². The molecule has 0 saturated carbocycles. The van der Waals surface area contributed by atoms with E-state index in [1.807, 2.05) is 4.90 Å². The van der Waals surface area contributed by atoms with Crippen molar-refractivity contribution in [2.75, 3.05) is 51.6 Å². The van der Waals surface area contributed by atoms with Crippen molar-refractivity contribution < 1.29 is 22.5 Å². The molecule has 1 aromatic rings. The molecule has 10 nitrogen and oxygen atoms in total. The molecule has 1 aromatic heterocycles. The van der Waals surface area contributed by atoms with Crippen molar-refractivity contribution in [3.8, 4) is 0 Å². The first-order valence-electron chi connectivity index (χ1n) is 8.13. The van der Waals surface area contributed by atoms with Crippen molar-refractivity contribution in [1.82, 2.24) is 19.8 Å². The van der Waals surface area contributed by atoms with Crippen LogP contribution in [-0.2, 0) is 26.1 Å². The highest BCUT2D eigenvalue weighted by atomic mass is 32.2. The average Bonchev–Trinajstić information content (AvgIpc) is 3.06. The van der Waals surface area contributed by atoms with Gasteiger partial charge in [-0.05, 0) is 0 Å². The topological polar surface area (TPSA) is 142 Å². The number of hydrogen-bond donors (Lipinski definition) is 3. The quantitative estimate of drug-likeness (QED) is 0.341. The van der Waals surface area contributed by atoms with E-state index in [4.69, 9.17) is 15.0 Å². The second-order valence-electron chi connectivity index (χ2n) is 6.02. The van der Waals surface area contributed by atoms with Gasteiger partial charge in [0.2, 0.25) is 0 Å². The number of nitrogens with one attached hydrogen (secondary N) is 1. The van der Waals surface area contributed by atoms with Crippen molar-refractivity contribution in [3.05, 3.63) is 18.2 Å². The van der Waals surface area contributed by atoms with Gasteiger partial charge in [-0.2, -0.15) is 8.42 Å². The molecule has 0 bridgehead atoms. The summed E-state index contributed by atoms with van der Waals surface area (Å²) in [5.74, 6) is -0.694. The van der Waals surface area contributed by atoms with Crippen LogP contribution < -0.4 is 5.73 Å². The monoisotopic (exact) mass is 375 g/mol. The average molecular weight is 375 g/mol. The fourth-order valence-corrected chi connectivity index (χ4v) is 3.07. The van der Waals surface area contributed by atoms with Crippen LogP contribution in [0.25, 0.3) is 0 Å². The third-order valence-electron chi connectivity index (χ3n) is 4.08. The molecule has 0 spiro atoms. The Kier molecular flexibility index (Phi) is 7.32. The van der Waals surface area contributed by atoms with E-state index in [0.29, 0.717) is 32.6 Å². The van der Waals surface area contributed by atoms with Gasteiger partial charge in [0.05, 0.1) is 12.1 Å². The summed E-state index contributed by atoms with van der Waals surface area (Å²) in [7, 11) is -3.92. The Bertz CT molecular complexity index is 628. The van der Waals surface area contributed by atoms with Crippen LogP contribution in [-0.4, -0.2) is 96.4 Å². The van der Waals surface area contributed by atoms with Crippen LogP contribution in [0.3, 0.4) is 0 Å². The highest BCUT2D eigenvalue weighted by Crippen LogP contribution is 2.03. The summed E-state index contributed by atoms with van der Waals surface area (Å²) >= 11 is 0. The zero-order chi connectivity index (χ0) is 18.3. The van der Waals surface area contributed by atoms with Crippen molar-refractivity contribution in [2.45, 2.75) is 12.5 Å². The van der Waals surface area contributed by atoms with Crippen LogP contribution in [0.4, 0.5) is 0 Å². The Labute approximate surface area is 147 Å². The molecule has 1 aliphatic rings.